The molecule has 0 aliphatic carbocycles. The van der Waals surface area contributed by atoms with Gasteiger partial charge in [-0.15, -0.1) is 0 Å². The summed E-state index contributed by atoms with van der Waals surface area (Å²) in [5.74, 6) is -0.0595. The first-order valence-corrected chi connectivity index (χ1v) is 12.7. The molecule has 1 aliphatic heterocycles. The molecular formula is C27H42N4O4. The molecule has 3 atom stereocenters. The van der Waals surface area contributed by atoms with Gasteiger partial charge in [0.1, 0.15) is 12.1 Å². The molecule has 3 N–H and O–H groups in total. The van der Waals surface area contributed by atoms with Crippen LogP contribution in [0.15, 0.2) is 24.3 Å². The number of anilines is 2. The number of carbonyl (C=O) groups is 4. The van der Waals surface area contributed by atoms with Gasteiger partial charge < -0.3 is 20.9 Å². The second-order valence-corrected chi connectivity index (χ2v) is 10.9. The molecule has 0 aromatic heterocycles. The number of benzene rings is 1. The first-order valence-electron chi connectivity index (χ1n) is 12.7. The third-order valence-electron chi connectivity index (χ3n) is 5.83. The van der Waals surface area contributed by atoms with Gasteiger partial charge in [0, 0.05) is 30.3 Å². The zero-order valence-electron chi connectivity index (χ0n) is 22.2. The second-order valence-electron chi connectivity index (χ2n) is 10.9. The first-order chi connectivity index (χ1) is 16.4. The van der Waals surface area contributed by atoms with Crippen LogP contribution in [0.5, 0.6) is 0 Å². The maximum absolute atomic E-state index is 13.1. The van der Waals surface area contributed by atoms with Gasteiger partial charge in [-0.25, -0.2) is 0 Å². The summed E-state index contributed by atoms with van der Waals surface area (Å²) in [6.07, 6.45) is 1.79. The Bertz CT molecular complexity index is 912. The van der Waals surface area contributed by atoms with E-state index in [-0.39, 0.29) is 47.4 Å². The van der Waals surface area contributed by atoms with Crippen molar-refractivity contribution in [3.8, 4) is 0 Å². The van der Waals surface area contributed by atoms with E-state index in [9.17, 15) is 19.2 Å². The van der Waals surface area contributed by atoms with Crippen LogP contribution in [0.4, 0.5) is 11.4 Å². The van der Waals surface area contributed by atoms with Crippen LogP contribution in [0.1, 0.15) is 74.1 Å². The zero-order valence-corrected chi connectivity index (χ0v) is 22.2. The Balaban J connectivity index is 2.12. The molecule has 1 aromatic rings. The van der Waals surface area contributed by atoms with Crippen LogP contribution in [-0.2, 0) is 19.2 Å². The topological polar surface area (TPSA) is 108 Å². The van der Waals surface area contributed by atoms with Crippen LogP contribution in [0.25, 0.3) is 0 Å². The van der Waals surface area contributed by atoms with Crippen LogP contribution in [0.3, 0.4) is 0 Å². The van der Waals surface area contributed by atoms with Crippen LogP contribution in [0, 0.1) is 17.8 Å². The maximum atomic E-state index is 13.1. The average Bonchev–Trinajstić information content (AvgIpc) is 2.98. The Kier molecular flexibility index (Phi) is 10.3. The first kappa shape index (κ1) is 28.3. The summed E-state index contributed by atoms with van der Waals surface area (Å²) >= 11 is 0. The molecule has 8 heteroatoms. The fraction of sp³-hybridized carbons (Fsp3) is 0.630. The number of rotatable bonds is 11. The van der Waals surface area contributed by atoms with Gasteiger partial charge in [0.05, 0.1) is 0 Å². The minimum Gasteiger partial charge on any atom is -0.344 e. The highest BCUT2D eigenvalue weighted by Crippen LogP contribution is 2.29. The third kappa shape index (κ3) is 8.67. The van der Waals surface area contributed by atoms with Gasteiger partial charge in [-0.1, -0.05) is 47.6 Å². The molecule has 194 valence electrons. The van der Waals surface area contributed by atoms with Crippen molar-refractivity contribution in [3.63, 3.8) is 0 Å². The summed E-state index contributed by atoms with van der Waals surface area (Å²) in [7, 11) is 0. The molecular weight excluding hydrogens is 444 g/mol. The molecule has 4 amide bonds. The maximum Gasteiger partial charge on any atom is 0.249 e. The van der Waals surface area contributed by atoms with E-state index in [1.807, 2.05) is 54.5 Å². The fourth-order valence-corrected chi connectivity index (χ4v) is 4.35. The van der Waals surface area contributed by atoms with E-state index in [4.69, 9.17) is 0 Å². The lowest BCUT2D eigenvalue weighted by Crippen LogP contribution is -2.45. The number of nitrogens with zero attached hydrogens (tertiary/aromatic N) is 1. The second kappa shape index (κ2) is 12.7. The summed E-state index contributed by atoms with van der Waals surface area (Å²) in [6, 6.07) is 5.83. The standard InChI is InChI=1S/C27H42N4O4/c1-16(2)11-22(29-24(32)12-17(3)4)26(34)28-20-9-8-10-21(15-20)31-19(7)14-23(27(31)35)30-25(33)13-18(5)6/h8-10,15-19,22-23H,11-14H2,1-7H3,(H,28,34)(H,29,32)(H,30,33)/t19?,22-,23-/m0/s1. The Hall–Kier alpha value is -2.90. The monoisotopic (exact) mass is 486 g/mol. The third-order valence-corrected chi connectivity index (χ3v) is 5.83. The molecule has 0 saturated carbocycles. The molecule has 1 unspecified atom stereocenters. The molecule has 0 radical (unpaired) electrons. The number of carbonyl (C=O) groups excluding carboxylic acids is 4. The number of nitrogens with one attached hydrogen (secondary N) is 3. The summed E-state index contributed by atoms with van der Waals surface area (Å²) in [5.41, 5.74) is 1.21. The summed E-state index contributed by atoms with van der Waals surface area (Å²) in [5, 5.41) is 8.63. The van der Waals surface area contributed by atoms with Crippen LogP contribution < -0.4 is 20.9 Å². The van der Waals surface area contributed by atoms with Gasteiger partial charge in [0.2, 0.25) is 23.6 Å². The molecule has 0 spiro atoms. The lowest BCUT2D eigenvalue weighted by Gasteiger charge is -2.23. The minimum atomic E-state index is -0.641. The Morgan fingerprint density at radius 2 is 1.60 bits per heavy atom. The zero-order chi connectivity index (χ0) is 26.3. The van der Waals surface area contributed by atoms with Crippen molar-refractivity contribution in [2.45, 2.75) is 92.3 Å². The minimum absolute atomic E-state index is 0.0955. The molecule has 35 heavy (non-hydrogen) atoms. The predicted octanol–water partition coefficient (Wildman–Crippen LogP) is 3.86. The van der Waals surface area contributed by atoms with E-state index < -0.39 is 12.1 Å². The van der Waals surface area contributed by atoms with Crippen molar-refractivity contribution < 1.29 is 19.2 Å². The van der Waals surface area contributed by atoms with Gasteiger partial charge >= 0.3 is 0 Å². The SMILES string of the molecule is CC(C)CC(=O)N[C@@H](CC(C)C)C(=O)Nc1cccc(N2C(=O)[C@@H](NC(=O)CC(C)C)CC2C)c1. The van der Waals surface area contributed by atoms with Crippen LogP contribution in [0.2, 0.25) is 0 Å². The predicted molar refractivity (Wildman–Crippen MR) is 139 cm³/mol. The van der Waals surface area contributed by atoms with E-state index in [1.54, 1.807) is 23.1 Å². The Labute approximate surface area is 209 Å². The van der Waals surface area contributed by atoms with E-state index in [2.05, 4.69) is 16.0 Å². The number of amides is 4. The molecule has 1 aliphatic rings. The smallest absolute Gasteiger partial charge is 0.249 e. The molecule has 1 heterocycles. The summed E-state index contributed by atoms with van der Waals surface area (Å²) in [4.78, 5) is 52.3. The van der Waals surface area contributed by atoms with E-state index in [1.165, 1.54) is 0 Å². The highest BCUT2D eigenvalue weighted by Gasteiger charge is 2.39. The van der Waals surface area contributed by atoms with Gasteiger partial charge in [0.15, 0.2) is 0 Å². The molecule has 1 saturated heterocycles. The van der Waals surface area contributed by atoms with Crippen molar-refractivity contribution in [3.05, 3.63) is 24.3 Å². The van der Waals surface area contributed by atoms with Crippen molar-refractivity contribution in [1.29, 1.82) is 0 Å². The van der Waals surface area contributed by atoms with Gasteiger partial charge in [-0.2, -0.15) is 0 Å². The number of hydrogen-bond acceptors (Lipinski definition) is 4. The summed E-state index contributed by atoms with van der Waals surface area (Å²) < 4.78 is 0. The van der Waals surface area contributed by atoms with E-state index in [0.717, 1.165) is 0 Å². The lowest BCUT2D eigenvalue weighted by atomic mass is 10.0. The van der Waals surface area contributed by atoms with Crippen molar-refractivity contribution in [2.24, 2.45) is 17.8 Å². The molecule has 0 bridgehead atoms. The van der Waals surface area contributed by atoms with Crippen molar-refractivity contribution in [2.75, 3.05) is 10.2 Å². The largest absolute Gasteiger partial charge is 0.344 e. The Morgan fingerprint density at radius 1 is 0.971 bits per heavy atom. The van der Waals surface area contributed by atoms with Crippen LogP contribution in [-0.4, -0.2) is 41.8 Å². The highest BCUT2D eigenvalue weighted by atomic mass is 16.2. The van der Waals surface area contributed by atoms with Crippen LogP contribution >= 0.6 is 0 Å². The number of hydrogen-bond donors (Lipinski definition) is 3. The molecule has 1 aromatic carbocycles. The van der Waals surface area contributed by atoms with Gasteiger partial charge in [-0.05, 0) is 55.7 Å². The highest BCUT2D eigenvalue weighted by molar-refractivity contribution is 6.03. The molecule has 8 nitrogen and oxygen atoms in total. The van der Waals surface area contributed by atoms with E-state index >= 15 is 0 Å². The van der Waals surface area contributed by atoms with E-state index in [0.29, 0.717) is 37.1 Å². The fourth-order valence-electron chi connectivity index (χ4n) is 4.35. The average molecular weight is 487 g/mol. The molecule has 2 rings (SSSR count). The van der Waals surface area contributed by atoms with Gasteiger partial charge in [-0.3, -0.25) is 19.2 Å². The lowest BCUT2D eigenvalue weighted by molar-refractivity contribution is -0.127. The quantitative estimate of drug-likeness (QED) is 0.441. The molecule has 1 fully saturated rings. The van der Waals surface area contributed by atoms with Crippen molar-refractivity contribution in [1.82, 2.24) is 10.6 Å². The summed E-state index contributed by atoms with van der Waals surface area (Å²) in [6.45, 7) is 13.8. The Morgan fingerprint density at radius 3 is 2.20 bits per heavy atom. The van der Waals surface area contributed by atoms with Crippen molar-refractivity contribution >= 4 is 35.0 Å². The normalized spacial score (nSPS) is 18.8. The van der Waals surface area contributed by atoms with Gasteiger partial charge in [0.25, 0.3) is 0 Å².